The Balaban J connectivity index is 1.84. The Bertz CT molecular complexity index is 455. The molecular formula is C12H17N3O3. The first kappa shape index (κ1) is 12.8. The molecule has 1 saturated heterocycles. The van der Waals surface area contributed by atoms with Crippen molar-refractivity contribution >= 4 is 11.8 Å². The lowest BCUT2D eigenvalue weighted by Crippen LogP contribution is -2.40. The third-order valence-electron chi connectivity index (χ3n) is 3.04. The van der Waals surface area contributed by atoms with Crippen molar-refractivity contribution in [2.24, 2.45) is 7.05 Å². The Morgan fingerprint density at radius 1 is 1.56 bits per heavy atom. The monoisotopic (exact) mass is 251 g/mol. The largest absolute Gasteiger partial charge is 0.392 e. The minimum atomic E-state index is -0.396. The van der Waals surface area contributed by atoms with Gasteiger partial charge in [-0.3, -0.25) is 19.8 Å². The number of carbonyl (C=O) groups is 2. The predicted octanol–water partition coefficient (Wildman–Crippen LogP) is -0.652. The molecule has 2 rings (SSSR count). The number of carbonyl (C=O) groups excluding carboxylic acids is 2. The van der Waals surface area contributed by atoms with Crippen LogP contribution in [0.1, 0.15) is 16.9 Å². The number of aliphatic hydroxyl groups excluding tert-OH is 1. The van der Waals surface area contributed by atoms with Crippen molar-refractivity contribution < 1.29 is 14.7 Å². The minimum absolute atomic E-state index is 0.146. The second-order valence-corrected chi connectivity index (χ2v) is 4.56. The van der Waals surface area contributed by atoms with Crippen LogP contribution in [0.4, 0.5) is 0 Å². The van der Waals surface area contributed by atoms with Gasteiger partial charge in [-0.1, -0.05) is 0 Å². The lowest BCUT2D eigenvalue weighted by Gasteiger charge is -2.13. The van der Waals surface area contributed by atoms with E-state index in [1.165, 1.54) is 0 Å². The van der Waals surface area contributed by atoms with E-state index in [1.807, 2.05) is 4.90 Å². The van der Waals surface area contributed by atoms with E-state index in [0.717, 1.165) is 0 Å². The molecule has 1 aromatic heterocycles. The van der Waals surface area contributed by atoms with E-state index in [2.05, 4.69) is 5.32 Å². The molecule has 2 amide bonds. The summed E-state index contributed by atoms with van der Waals surface area (Å²) in [7, 11) is 1.75. The second-order valence-electron chi connectivity index (χ2n) is 4.56. The van der Waals surface area contributed by atoms with Crippen LogP contribution < -0.4 is 5.32 Å². The summed E-state index contributed by atoms with van der Waals surface area (Å²) in [6.45, 7) is 1.33. The van der Waals surface area contributed by atoms with Gasteiger partial charge in [-0.25, -0.2) is 0 Å². The Morgan fingerprint density at radius 2 is 2.33 bits per heavy atom. The Hall–Kier alpha value is -1.66. The molecule has 0 radical (unpaired) electrons. The molecule has 1 aliphatic rings. The first-order valence-electron chi connectivity index (χ1n) is 5.92. The zero-order chi connectivity index (χ0) is 13.1. The highest BCUT2D eigenvalue weighted by Crippen LogP contribution is 2.07. The fourth-order valence-corrected chi connectivity index (χ4v) is 2.09. The molecule has 6 heteroatoms. The van der Waals surface area contributed by atoms with Gasteiger partial charge in [0.25, 0.3) is 5.91 Å². The number of amides is 2. The predicted molar refractivity (Wildman–Crippen MR) is 65.0 cm³/mol. The third-order valence-corrected chi connectivity index (χ3v) is 3.04. The average Bonchev–Trinajstić information content (AvgIpc) is 2.87. The number of β-amino-alcohol motifs (C(OH)–C–C–N with tert-alkyl or cyclic N) is 1. The molecule has 1 fully saturated rings. The number of aryl methyl sites for hydroxylation is 1. The molecule has 0 aliphatic carbocycles. The van der Waals surface area contributed by atoms with Crippen LogP contribution in [0.25, 0.3) is 0 Å². The van der Waals surface area contributed by atoms with Crippen LogP contribution in [-0.4, -0.2) is 52.1 Å². The van der Waals surface area contributed by atoms with Crippen LogP contribution >= 0.6 is 0 Å². The minimum Gasteiger partial charge on any atom is -0.392 e. The molecule has 0 saturated carbocycles. The van der Waals surface area contributed by atoms with Gasteiger partial charge in [-0.05, 0) is 18.6 Å². The summed E-state index contributed by atoms with van der Waals surface area (Å²) < 4.78 is 1.65. The maximum atomic E-state index is 11.8. The number of nitrogens with one attached hydrogen (secondary N) is 1. The smallest absolute Gasteiger partial charge is 0.274 e. The third kappa shape index (κ3) is 2.96. The summed E-state index contributed by atoms with van der Waals surface area (Å²) in [6, 6.07) is 3.40. The van der Waals surface area contributed by atoms with Gasteiger partial charge in [-0.15, -0.1) is 0 Å². The van der Waals surface area contributed by atoms with Crippen LogP contribution in [0.15, 0.2) is 18.3 Å². The number of nitrogens with zero attached hydrogens (tertiary/aromatic N) is 2. The first-order chi connectivity index (χ1) is 8.56. The Kier molecular flexibility index (Phi) is 3.78. The van der Waals surface area contributed by atoms with Gasteiger partial charge in [0.15, 0.2) is 0 Å². The molecular weight excluding hydrogens is 234 g/mol. The van der Waals surface area contributed by atoms with Crippen LogP contribution in [0.5, 0.6) is 0 Å². The van der Waals surface area contributed by atoms with E-state index < -0.39 is 5.91 Å². The highest BCUT2D eigenvalue weighted by molar-refractivity contribution is 6.04. The van der Waals surface area contributed by atoms with Crippen LogP contribution in [-0.2, 0) is 11.8 Å². The summed E-state index contributed by atoms with van der Waals surface area (Å²) in [6.07, 6.45) is 2.07. The molecule has 0 bridgehead atoms. The molecule has 1 atom stereocenters. The van der Waals surface area contributed by atoms with E-state index in [1.54, 1.807) is 29.9 Å². The van der Waals surface area contributed by atoms with Gasteiger partial charge in [0, 0.05) is 26.3 Å². The highest BCUT2D eigenvalue weighted by Gasteiger charge is 2.23. The first-order valence-corrected chi connectivity index (χ1v) is 5.92. The molecule has 18 heavy (non-hydrogen) atoms. The van der Waals surface area contributed by atoms with Gasteiger partial charge in [0.2, 0.25) is 5.91 Å². The van der Waals surface area contributed by atoms with Crippen LogP contribution in [0.3, 0.4) is 0 Å². The fraction of sp³-hybridized carbons (Fsp3) is 0.500. The van der Waals surface area contributed by atoms with Gasteiger partial charge >= 0.3 is 0 Å². The zero-order valence-electron chi connectivity index (χ0n) is 10.3. The molecule has 6 nitrogen and oxygen atoms in total. The van der Waals surface area contributed by atoms with Gasteiger partial charge in [-0.2, -0.15) is 0 Å². The summed E-state index contributed by atoms with van der Waals surface area (Å²) in [4.78, 5) is 25.2. The summed E-state index contributed by atoms with van der Waals surface area (Å²) >= 11 is 0. The number of imide groups is 1. The molecule has 2 N–H and O–H groups in total. The van der Waals surface area contributed by atoms with Crippen LogP contribution in [0.2, 0.25) is 0 Å². The SMILES string of the molecule is Cn1cccc1C(=O)NC(=O)CN1CCC(O)C1. The maximum absolute atomic E-state index is 11.8. The summed E-state index contributed by atoms with van der Waals surface area (Å²) in [5, 5.41) is 11.7. The van der Waals surface area contributed by atoms with Crippen molar-refractivity contribution in [3.8, 4) is 0 Å². The number of rotatable bonds is 3. The van der Waals surface area contributed by atoms with Crippen molar-refractivity contribution in [2.75, 3.05) is 19.6 Å². The van der Waals surface area contributed by atoms with Gasteiger partial charge in [0.1, 0.15) is 5.69 Å². The molecule has 2 heterocycles. The van der Waals surface area contributed by atoms with Crippen LogP contribution in [0, 0.1) is 0 Å². The van der Waals surface area contributed by atoms with E-state index in [4.69, 9.17) is 0 Å². The lowest BCUT2D eigenvalue weighted by molar-refractivity contribution is -0.121. The number of likely N-dealkylation sites (tertiary alicyclic amines) is 1. The standard InChI is InChI=1S/C12H17N3O3/c1-14-5-2-3-10(14)12(18)13-11(17)8-15-6-4-9(16)7-15/h2-3,5,9,16H,4,6-8H2,1H3,(H,13,17,18). The number of hydrogen-bond donors (Lipinski definition) is 2. The van der Waals surface area contributed by atoms with Crippen molar-refractivity contribution in [1.82, 2.24) is 14.8 Å². The molecule has 0 spiro atoms. The normalized spacial score (nSPS) is 20.0. The van der Waals surface area contributed by atoms with E-state index in [9.17, 15) is 14.7 Å². The van der Waals surface area contributed by atoms with Gasteiger partial charge in [0.05, 0.1) is 12.6 Å². The molecule has 1 unspecified atom stereocenters. The molecule has 98 valence electrons. The molecule has 1 aliphatic heterocycles. The van der Waals surface area contributed by atoms with E-state index >= 15 is 0 Å². The number of hydrogen-bond acceptors (Lipinski definition) is 4. The van der Waals surface area contributed by atoms with E-state index in [-0.39, 0.29) is 18.6 Å². The Morgan fingerprint density at radius 3 is 2.89 bits per heavy atom. The topological polar surface area (TPSA) is 74.6 Å². The van der Waals surface area contributed by atoms with Crippen molar-refractivity contribution in [2.45, 2.75) is 12.5 Å². The highest BCUT2D eigenvalue weighted by atomic mass is 16.3. The lowest BCUT2D eigenvalue weighted by atomic mass is 10.3. The fourth-order valence-electron chi connectivity index (χ4n) is 2.09. The van der Waals surface area contributed by atoms with Crippen molar-refractivity contribution in [3.05, 3.63) is 24.0 Å². The second kappa shape index (κ2) is 5.32. The quantitative estimate of drug-likeness (QED) is 0.748. The van der Waals surface area contributed by atoms with Gasteiger partial charge < -0.3 is 9.67 Å². The van der Waals surface area contributed by atoms with Crippen molar-refractivity contribution in [3.63, 3.8) is 0 Å². The maximum Gasteiger partial charge on any atom is 0.274 e. The number of aliphatic hydroxyl groups is 1. The van der Waals surface area contributed by atoms with Crippen molar-refractivity contribution in [1.29, 1.82) is 0 Å². The summed E-state index contributed by atoms with van der Waals surface area (Å²) in [5.41, 5.74) is 0.449. The van der Waals surface area contributed by atoms with E-state index in [0.29, 0.717) is 25.2 Å². The Labute approximate surface area is 105 Å². The number of aromatic nitrogens is 1. The zero-order valence-corrected chi connectivity index (χ0v) is 10.3. The molecule has 0 aromatic carbocycles. The molecule has 1 aromatic rings. The average molecular weight is 251 g/mol. The summed E-state index contributed by atoms with van der Waals surface area (Å²) in [5.74, 6) is -0.734.